The van der Waals surface area contributed by atoms with Crippen LogP contribution in [0.1, 0.15) is 31.2 Å². The van der Waals surface area contributed by atoms with Crippen molar-refractivity contribution in [1.82, 2.24) is 4.90 Å². The number of carbonyl (C=O) groups excluding carboxylic acids is 1. The summed E-state index contributed by atoms with van der Waals surface area (Å²) in [4.78, 5) is 18.9. The number of oxime groups is 1. The normalized spacial score (nSPS) is 16.4. The summed E-state index contributed by atoms with van der Waals surface area (Å²) in [6, 6.07) is 7.01. The largest absolute Gasteiger partial charge is 0.384 e. The third-order valence-corrected chi connectivity index (χ3v) is 3.67. The molecule has 1 heterocycles. The number of hydrogen-bond donors (Lipinski definition) is 1. The van der Waals surface area contributed by atoms with Crippen LogP contribution in [0.5, 0.6) is 0 Å². The van der Waals surface area contributed by atoms with E-state index in [0.717, 1.165) is 25.9 Å². The molecule has 2 N–H and O–H groups in total. The van der Waals surface area contributed by atoms with Crippen LogP contribution in [-0.2, 0) is 9.63 Å². The molecule has 1 aromatic rings. The van der Waals surface area contributed by atoms with Gasteiger partial charge in [0, 0.05) is 23.7 Å². The Kier molecular flexibility index (Phi) is 5.87. The van der Waals surface area contributed by atoms with E-state index in [1.807, 2.05) is 4.90 Å². The summed E-state index contributed by atoms with van der Waals surface area (Å²) in [5.74, 6) is 0.167. The summed E-state index contributed by atoms with van der Waals surface area (Å²) in [6.45, 7) is 1.52. The molecule has 1 aliphatic rings. The van der Waals surface area contributed by atoms with Crippen LogP contribution >= 0.6 is 11.6 Å². The lowest BCUT2D eigenvalue weighted by atomic mass is 10.2. The van der Waals surface area contributed by atoms with E-state index >= 15 is 0 Å². The lowest BCUT2D eigenvalue weighted by Gasteiger charge is -2.19. The minimum absolute atomic E-state index is 0.0421. The van der Waals surface area contributed by atoms with Crippen LogP contribution in [0.2, 0.25) is 5.02 Å². The monoisotopic (exact) mass is 309 g/mol. The van der Waals surface area contributed by atoms with E-state index in [9.17, 15) is 4.79 Å². The first kappa shape index (κ1) is 15.6. The Morgan fingerprint density at radius 3 is 2.67 bits per heavy atom. The quantitative estimate of drug-likeness (QED) is 0.527. The Bertz CT molecular complexity index is 511. The molecule has 2 rings (SSSR count). The number of halogens is 1. The predicted molar refractivity (Wildman–Crippen MR) is 83.2 cm³/mol. The molecule has 1 aromatic carbocycles. The maximum atomic E-state index is 12.0. The topological polar surface area (TPSA) is 67.9 Å². The van der Waals surface area contributed by atoms with Crippen LogP contribution in [0, 0.1) is 0 Å². The number of amides is 1. The molecule has 1 aliphatic heterocycles. The SMILES string of the molecule is N/C(=N\OCC(=O)N1CCCCCC1)c1cccc(Cl)c1. The van der Waals surface area contributed by atoms with Crippen LogP contribution in [0.25, 0.3) is 0 Å². The molecule has 6 heteroatoms. The maximum absolute atomic E-state index is 12.0. The van der Waals surface area contributed by atoms with Crippen molar-refractivity contribution in [2.24, 2.45) is 10.9 Å². The highest BCUT2D eigenvalue weighted by Crippen LogP contribution is 2.11. The highest BCUT2D eigenvalue weighted by Gasteiger charge is 2.15. The fraction of sp³-hybridized carbons (Fsp3) is 0.467. The highest BCUT2D eigenvalue weighted by atomic mass is 35.5. The van der Waals surface area contributed by atoms with Crippen molar-refractivity contribution in [1.29, 1.82) is 0 Å². The molecule has 0 spiro atoms. The Balaban J connectivity index is 1.84. The van der Waals surface area contributed by atoms with Crippen LogP contribution in [-0.4, -0.2) is 36.3 Å². The summed E-state index contributed by atoms with van der Waals surface area (Å²) in [5, 5.41) is 4.36. The van der Waals surface area contributed by atoms with E-state index in [-0.39, 0.29) is 18.3 Å². The van der Waals surface area contributed by atoms with Crippen LogP contribution in [0.3, 0.4) is 0 Å². The van der Waals surface area contributed by atoms with Crippen molar-refractivity contribution in [3.63, 3.8) is 0 Å². The van der Waals surface area contributed by atoms with Gasteiger partial charge < -0.3 is 15.5 Å². The molecule has 5 nitrogen and oxygen atoms in total. The molecule has 0 aliphatic carbocycles. The van der Waals surface area contributed by atoms with Crippen molar-refractivity contribution in [3.8, 4) is 0 Å². The number of hydrogen-bond acceptors (Lipinski definition) is 3. The number of benzene rings is 1. The summed E-state index contributed by atoms with van der Waals surface area (Å²) < 4.78 is 0. The molecule has 0 bridgehead atoms. The lowest BCUT2D eigenvalue weighted by molar-refractivity contribution is -0.136. The van der Waals surface area contributed by atoms with Gasteiger partial charge in [-0.3, -0.25) is 4.79 Å². The second-order valence-electron chi connectivity index (χ2n) is 5.06. The second-order valence-corrected chi connectivity index (χ2v) is 5.49. The van der Waals surface area contributed by atoms with Gasteiger partial charge in [0.25, 0.3) is 5.91 Å². The Morgan fingerprint density at radius 1 is 1.29 bits per heavy atom. The molecule has 0 unspecified atom stereocenters. The average molecular weight is 310 g/mol. The first-order valence-electron chi connectivity index (χ1n) is 7.16. The van der Waals surface area contributed by atoms with Crippen molar-refractivity contribution in [2.75, 3.05) is 19.7 Å². The van der Waals surface area contributed by atoms with Gasteiger partial charge >= 0.3 is 0 Å². The number of likely N-dealkylation sites (tertiary alicyclic amines) is 1. The molecule has 1 amide bonds. The minimum atomic E-state index is -0.0821. The van der Waals surface area contributed by atoms with Crippen molar-refractivity contribution >= 4 is 23.3 Å². The first-order chi connectivity index (χ1) is 10.2. The predicted octanol–water partition coefficient (Wildman–Crippen LogP) is 2.38. The number of rotatable bonds is 4. The van der Waals surface area contributed by atoms with Crippen LogP contribution in [0.4, 0.5) is 0 Å². The summed E-state index contributed by atoms with van der Waals surface area (Å²) >= 11 is 5.88. The molecule has 1 fully saturated rings. The highest BCUT2D eigenvalue weighted by molar-refractivity contribution is 6.31. The third-order valence-electron chi connectivity index (χ3n) is 3.43. The lowest BCUT2D eigenvalue weighted by Crippen LogP contribution is -2.34. The molecule has 0 saturated carbocycles. The smallest absolute Gasteiger partial charge is 0.263 e. The Hall–Kier alpha value is -1.75. The van der Waals surface area contributed by atoms with E-state index < -0.39 is 0 Å². The molecule has 0 radical (unpaired) electrons. The van der Waals surface area contributed by atoms with Gasteiger partial charge in [-0.25, -0.2) is 0 Å². The standard InChI is InChI=1S/C15H20ClN3O2/c16-13-7-5-6-12(10-13)15(17)18-21-11-14(20)19-8-3-1-2-4-9-19/h5-7,10H,1-4,8-9,11H2,(H2,17,18). The molecular formula is C15H20ClN3O2. The first-order valence-corrected chi connectivity index (χ1v) is 7.54. The fourth-order valence-electron chi connectivity index (χ4n) is 2.27. The number of amidine groups is 1. The molecule has 114 valence electrons. The van der Waals surface area contributed by atoms with E-state index in [4.69, 9.17) is 22.2 Å². The van der Waals surface area contributed by atoms with Crippen molar-refractivity contribution in [3.05, 3.63) is 34.9 Å². The molecule has 0 atom stereocenters. The maximum Gasteiger partial charge on any atom is 0.263 e. The number of nitrogens with two attached hydrogens (primary N) is 1. The van der Waals surface area contributed by atoms with Gasteiger partial charge in [0.15, 0.2) is 12.4 Å². The second kappa shape index (κ2) is 7.88. The van der Waals surface area contributed by atoms with Gasteiger partial charge in [-0.05, 0) is 25.0 Å². The third kappa shape index (κ3) is 4.93. The summed E-state index contributed by atoms with van der Waals surface area (Å²) in [6.07, 6.45) is 4.48. The van der Waals surface area contributed by atoms with Gasteiger partial charge in [-0.15, -0.1) is 0 Å². The van der Waals surface area contributed by atoms with Gasteiger partial charge in [-0.2, -0.15) is 0 Å². The van der Waals surface area contributed by atoms with E-state index in [1.54, 1.807) is 24.3 Å². The Labute approximate surface area is 129 Å². The zero-order chi connectivity index (χ0) is 15.1. The molecule has 0 aromatic heterocycles. The van der Waals surface area contributed by atoms with Gasteiger partial charge in [-0.1, -0.05) is 41.7 Å². The Morgan fingerprint density at radius 2 is 2.00 bits per heavy atom. The molecule has 21 heavy (non-hydrogen) atoms. The van der Waals surface area contributed by atoms with Gasteiger partial charge in [0.1, 0.15) is 0 Å². The minimum Gasteiger partial charge on any atom is -0.384 e. The fourth-order valence-corrected chi connectivity index (χ4v) is 2.46. The van der Waals surface area contributed by atoms with Gasteiger partial charge in [0.2, 0.25) is 0 Å². The summed E-state index contributed by atoms with van der Waals surface area (Å²) in [5.41, 5.74) is 6.47. The molecule has 1 saturated heterocycles. The van der Waals surface area contributed by atoms with E-state index in [1.165, 1.54) is 12.8 Å². The van der Waals surface area contributed by atoms with E-state index in [2.05, 4.69) is 5.16 Å². The number of carbonyl (C=O) groups is 1. The molecular weight excluding hydrogens is 290 g/mol. The van der Waals surface area contributed by atoms with E-state index in [0.29, 0.717) is 10.6 Å². The number of nitrogens with zero attached hydrogens (tertiary/aromatic N) is 2. The zero-order valence-electron chi connectivity index (χ0n) is 11.9. The van der Waals surface area contributed by atoms with Gasteiger partial charge in [0.05, 0.1) is 0 Å². The average Bonchev–Trinajstić information content (AvgIpc) is 2.76. The zero-order valence-corrected chi connectivity index (χ0v) is 12.7. The van der Waals surface area contributed by atoms with Crippen molar-refractivity contribution in [2.45, 2.75) is 25.7 Å². The van der Waals surface area contributed by atoms with Crippen LogP contribution in [0.15, 0.2) is 29.4 Å². The van der Waals surface area contributed by atoms with Crippen LogP contribution < -0.4 is 5.73 Å². The summed E-state index contributed by atoms with van der Waals surface area (Å²) in [7, 11) is 0. The van der Waals surface area contributed by atoms with Crippen molar-refractivity contribution < 1.29 is 9.63 Å².